The fourth-order valence-electron chi connectivity index (χ4n) is 1.10. The third-order valence-corrected chi connectivity index (χ3v) is 2.02. The van der Waals surface area contributed by atoms with E-state index in [2.05, 4.69) is 0 Å². The quantitative estimate of drug-likeness (QED) is 0.621. The molecule has 4 heteroatoms. The first kappa shape index (κ1) is 10.9. The van der Waals surface area contributed by atoms with Gasteiger partial charge in [0.15, 0.2) is 0 Å². The molecule has 0 aliphatic rings. The lowest BCUT2D eigenvalue weighted by molar-refractivity contribution is 0.0525. The van der Waals surface area contributed by atoms with Gasteiger partial charge in [-0.1, -0.05) is 0 Å². The molecule has 0 saturated heterocycles. The molecule has 0 aliphatic carbocycles. The van der Waals surface area contributed by atoms with E-state index in [0.29, 0.717) is 17.7 Å². The molecule has 0 bridgehead atoms. The number of aromatic hydroxyl groups is 1. The van der Waals surface area contributed by atoms with Crippen LogP contribution >= 0.6 is 11.6 Å². The number of carbonyl (C=O) groups is 1. The number of halogens is 1. The number of alkyl halides is 1. The van der Waals surface area contributed by atoms with Gasteiger partial charge in [-0.25, -0.2) is 4.79 Å². The Bertz CT molecular complexity index is 336. The molecule has 0 aliphatic heterocycles. The van der Waals surface area contributed by atoms with Gasteiger partial charge in [0.25, 0.3) is 0 Å². The van der Waals surface area contributed by atoms with Crippen LogP contribution in [-0.2, 0) is 10.6 Å². The van der Waals surface area contributed by atoms with Crippen molar-refractivity contribution in [3.05, 3.63) is 29.3 Å². The molecule has 1 aromatic rings. The number of phenols is 1. The van der Waals surface area contributed by atoms with Gasteiger partial charge >= 0.3 is 5.97 Å². The van der Waals surface area contributed by atoms with Gasteiger partial charge in [0.05, 0.1) is 12.2 Å². The van der Waals surface area contributed by atoms with Gasteiger partial charge in [0, 0.05) is 5.88 Å². The number of hydrogen-bond donors (Lipinski definition) is 1. The Hall–Kier alpha value is -1.22. The van der Waals surface area contributed by atoms with Gasteiger partial charge in [-0.05, 0) is 30.7 Å². The number of benzene rings is 1. The molecule has 0 heterocycles. The molecule has 0 saturated carbocycles. The summed E-state index contributed by atoms with van der Waals surface area (Å²) >= 11 is 5.63. The van der Waals surface area contributed by atoms with Crippen molar-refractivity contribution in [2.75, 3.05) is 6.61 Å². The lowest BCUT2D eigenvalue weighted by Crippen LogP contribution is -2.07. The molecule has 1 aromatic carbocycles. The smallest absolute Gasteiger partial charge is 0.338 e. The van der Waals surface area contributed by atoms with E-state index in [4.69, 9.17) is 21.4 Å². The largest absolute Gasteiger partial charge is 0.508 e. The van der Waals surface area contributed by atoms with E-state index in [-0.39, 0.29) is 11.6 Å². The highest BCUT2D eigenvalue weighted by atomic mass is 35.5. The fraction of sp³-hybridized carbons (Fsp3) is 0.300. The standard InChI is InChI=1S/C10H11ClO3/c1-2-14-10(13)9-4-3-8(12)5-7(9)6-11/h3-5,12H,2,6H2,1H3. The molecule has 0 aromatic heterocycles. The second-order valence-electron chi connectivity index (χ2n) is 2.70. The number of ether oxygens (including phenoxy) is 1. The minimum Gasteiger partial charge on any atom is -0.508 e. The Kier molecular flexibility index (Phi) is 3.77. The summed E-state index contributed by atoms with van der Waals surface area (Å²) in [6, 6.07) is 4.40. The average molecular weight is 215 g/mol. The molecule has 0 radical (unpaired) electrons. The van der Waals surface area contributed by atoms with Crippen molar-refractivity contribution in [1.82, 2.24) is 0 Å². The van der Waals surface area contributed by atoms with Crippen molar-refractivity contribution in [3.63, 3.8) is 0 Å². The maximum Gasteiger partial charge on any atom is 0.338 e. The number of esters is 1. The molecule has 76 valence electrons. The molecule has 0 fully saturated rings. The minimum absolute atomic E-state index is 0.0914. The molecular formula is C10H11ClO3. The van der Waals surface area contributed by atoms with Crippen LogP contribution in [0.2, 0.25) is 0 Å². The van der Waals surface area contributed by atoms with Crippen LogP contribution in [0.4, 0.5) is 0 Å². The van der Waals surface area contributed by atoms with E-state index < -0.39 is 5.97 Å². The van der Waals surface area contributed by atoms with Crippen LogP contribution < -0.4 is 0 Å². The third-order valence-electron chi connectivity index (χ3n) is 1.73. The average Bonchev–Trinajstić information content (AvgIpc) is 2.17. The summed E-state index contributed by atoms with van der Waals surface area (Å²) < 4.78 is 4.83. The second-order valence-corrected chi connectivity index (χ2v) is 2.96. The maximum absolute atomic E-state index is 11.4. The summed E-state index contributed by atoms with van der Waals surface area (Å²) in [4.78, 5) is 11.4. The van der Waals surface area contributed by atoms with Crippen LogP contribution in [-0.4, -0.2) is 17.7 Å². The van der Waals surface area contributed by atoms with Gasteiger partial charge in [-0.2, -0.15) is 0 Å². The predicted octanol–water partition coefficient (Wildman–Crippen LogP) is 2.31. The Morgan fingerprint density at radius 3 is 2.86 bits per heavy atom. The zero-order chi connectivity index (χ0) is 10.6. The van der Waals surface area contributed by atoms with Crippen molar-refractivity contribution < 1.29 is 14.6 Å². The molecule has 0 spiro atoms. The highest BCUT2D eigenvalue weighted by molar-refractivity contribution is 6.17. The van der Waals surface area contributed by atoms with E-state index in [1.807, 2.05) is 0 Å². The highest BCUT2D eigenvalue weighted by Crippen LogP contribution is 2.19. The van der Waals surface area contributed by atoms with E-state index in [1.54, 1.807) is 6.92 Å². The Morgan fingerprint density at radius 1 is 1.57 bits per heavy atom. The van der Waals surface area contributed by atoms with Crippen LogP contribution in [0.3, 0.4) is 0 Å². The number of carbonyl (C=O) groups excluding carboxylic acids is 1. The highest BCUT2D eigenvalue weighted by Gasteiger charge is 2.11. The van der Waals surface area contributed by atoms with Crippen LogP contribution in [0.5, 0.6) is 5.75 Å². The van der Waals surface area contributed by atoms with Crippen molar-refractivity contribution in [2.24, 2.45) is 0 Å². The van der Waals surface area contributed by atoms with E-state index in [0.717, 1.165) is 0 Å². The predicted molar refractivity (Wildman–Crippen MR) is 53.6 cm³/mol. The Balaban J connectivity index is 3.01. The summed E-state index contributed by atoms with van der Waals surface area (Å²) in [5.41, 5.74) is 0.977. The van der Waals surface area contributed by atoms with Crippen molar-refractivity contribution >= 4 is 17.6 Å². The van der Waals surface area contributed by atoms with Crippen molar-refractivity contribution in [1.29, 1.82) is 0 Å². The normalized spacial score (nSPS) is 9.86. The molecule has 1 N–H and O–H groups in total. The van der Waals surface area contributed by atoms with Crippen molar-refractivity contribution in [3.8, 4) is 5.75 Å². The van der Waals surface area contributed by atoms with Crippen molar-refractivity contribution in [2.45, 2.75) is 12.8 Å². The summed E-state index contributed by atoms with van der Waals surface area (Å²) in [5.74, 6) is -0.153. The summed E-state index contributed by atoms with van der Waals surface area (Å²) in [5, 5.41) is 9.17. The van der Waals surface area contributed by atoms with Gasteiger partial charge in [0.1, 0.15) is 5.75 Å². The third kappa shape index (κ3) is 2.39. The van der Waals surface area contributed by atoms with Crippen LogP contribution in [0.1, 0.15) is 22.8 Å². The minimum atomic E-state index is -0.414. The fourth-order valence-corrected chi connectivity index (χ4v) is 1.32. The summed E-state index contributed by atoms with van der Waals surface area (Å²) in [6.45, 7) is 2.06. The molecule has 0 unspecified atom stereocenters. The Labute approximate surface area is 87.3 Å². The molecule has 1 rings (SSSR count). The molecule has 3 nitrogen and oxygen atoms in total. The zero-order valence-electron chi connectivity index (χ0n) is 7.79. The molecular weight excluding hydrogens is 204 g/mol. The first-order chi connectivity index (χ1) is 6.69. The monoisotopic (exact) mass is 214 g/mol. The van der Waals surface area contributed by atoms with Crippen LogP contribution in [0.15, 0.2) is 18.2 Å². The summed E-state index contributed by atoms with van der Waals surface area (Å²) in [6.07, 6.45) is 0. The van der Waals surface area contributed by atoms with Crippen LogP contribution in [0, 0.1) is 0 Å². The lowest BCUT2D eigenvalue weighted by atomic mass is 10.1. The first-order valence-electron chi connectivity index (χ1n) is 4.24. The number of rotatable bonds is 3. The number of hydrogen-bond acceptors (Lipinski definition) is 3. The first-order valence-corrected chi connectivity index (χ1v) is 4.77. The van der Waals surface area contributed by atoms with Gasteiger partial charge in [0.2, 0.25) is 0 Å². The van der Waals surface area contributed by atoms with E-state index in [1.165, 1.54) is 18.2 Å². The summed E-state index contributed by atoms with van der Waals surface area (Å²) in [7, 11) is 0. The maximum atomic E-state index is 11.4. The van der Waals surface area contributed by atoms with E-state index in [9.17, 15) is 4.79 Å². The Morgan fingerprint density at radius 2 is 2.29 bits per heavy atom. The van der Waals surface area contributed by atoms with Gasteiger partial charge < -0.3 is 9.84 Å². The van der Waals surface area contributed by atoms with Gasteiger partial charge in [-0.15, -0.1) is 11.6 Å². The number of phenolic OH excluding ortho intramolecular Hbond substituents is 1. The SMILES string of the molecule is CCOC(=O)c1ccc(O)cc1CCl. The molecule has 0 amide bonds. The molecule has 0 atom stereocenters. The topological polar surface area (TPSA) is 46.5 Å². The van der Waals surface area contributed by atoms with E-state index >= 15 is 0 Å². The second kappa shape index (κ2) is 4.86. The molecule has 14 heavy (non-hydrogen) atoms. The lowest BCUT2D eigenvalue weighted by Gasteiger charge is -2.06. The zero-order valence-corrected chi connectivity index (χ0v) is 8.54. The van der Waals surface area contributed by atoms with Crippen LogP contribution in [0.25, 0.3) is 0 Å². The van der Waals surface area contributed by atoms with Gasteiger partial charge in [-0.3, -0.25) is 0 Å².